The van der Waals surface area contributed by atoms with Crippen LogP contribution in [0.15, 0.2) is 249 Å². The van der Waals surface area contributed by atoms with Crippen molar-refractivity contribution in [2.75, 3.05) is 14.2 Å². The molecule has 2 fully saturated rings. The second-order valence-electron chi connectivity index (χ2n) is 30.9. The summed E-state index contributed by atoms with van der Waals surface area (Å²) in [6.07, 6.45) is 12.1. The maximum Gasteiger partial charge on any atom is 0.338 e. The number of aromatic carboxylic acids is 1. The number of carbonyl (C=O) groups excluding carboxylic acids is 3. The zero-order valence-corrected chi connectivity index (χ0v) is 64.4. The number of rotatable bonds is 14. The average molecular weight is 1430 g/mol. The first-order valence-electron chi connectivity index (χ1n) is 37.2. The van der Waals surface area contributed by atoms with Crippen LogP contribution in [0.1, 0.15) is 201 Å². The van der Waals surface area contributed by atoms with Gasteiger partial charge in [-0.15, -0.1) is 0 Å². The van der Waals surface area contributed by atoms with Crippen LogP contribution in [0.3, 0.4) is 0 Å². The van der Waals surface area contributed by atoms with Gasteiger partial charge in [0.05, 0.1) is 93.8 Å². The summed E-state index contributed by atoms with van der Waals surface area (Å²) < 4.78 is 15.9. The van der Waals surface area contributed by atoms with E-state index >= 15 is 0 Å². The summed E-state index contributed by atoms with van der Waals surface area (Å²) in [6, 6.07) is 14.5. The number of hydrogen-bond acceptors (Lipinski definition) is 17. The molecule has 106 heavy (non-hydrogen) atoms. The fourth-order valence-electron chi connectivity index (χ4n) is 17.3. The van der Waals surface area contributed by atoms with Crippen LogP contribution < -0.4 is 10.6 Å². The topological polar surface area (TPSA) is 255 Å². The minimum absolute atomic E-state index is 0.0871. The Balaban J connectivity index is 0.000000188. The Morgan fingerprint density at radius 3 is 1.24 bits per heavy atom. The van der Waals surface area contributed by atoms with E-state index in [4.69, 9.17) is 44.2 Å². The van der Waals surface area contributed by atoms with Crippen LogP contribution in [-0.4, -0.2) is 93.3 Å². The standard InChI is InChI=1S/C46H52N4O5.C42H44N4O5/c1-12-29-23(4)32-21-35-38(22(2)3)26(7)42(49-35)40(27-13-15-28(16-14-27)45(53)55-46(8,9)10)41-24(5)30(17-18-37(52)54-11)43(50-41)31-19-36(51)39-25(6)33(48-44(31)39)20-34(29)47-32;1-9-26-20(4)29-18-32-35(19(2)3)23(7)39(45-32)37(24-10-12-25(13-11-24)42(49)50)38-21(5)27(14-15-34(48)51-8)40(46-38)28-16-33(47)36-22(6)30(44-41(28)36)17-31(26)43-29/h13-16,20-22,24,30,50-51H,12,17-19H2,1-11H3;10-13,17-19,21,27,46-47H,9,14-16H2,1-8H3,(H,49,50)/t24-,30-;21-,27-/m00/s1. The van der Waals surface area contributed by atoms with Crippen molar-refractivity contribution in [2.24, 2.45) is 65.5 Å². The Hall–Kier alpha value is -10.6. The zero-order chi connectivity index (χ0) is 76.1. The normalized spacial score (nSPS) is 22.4. The predicted molar refractivity (Wildman–Crippen MR) is 419 cm³/mol. The van der Waals surface area contributed by atoms with Gasteiger partial charge in [0.1, 0.15) is 17.1 Å². The number of fused-ring (bicyclic) bond motifs is 10. The van der Waals surface area contributed by atoms with Gasteiger partial charge in [0, 0.05) is 106 Å². The first kappa shape index (κ1) is 73.7. The first-order valence-corrected chi connectivity index (χ1v) is 37.2. The van der Waals surface area contributed by atoms with E-state index in [2.05, 4.69) is 112 Å². The summed E-state index contributed by atoms with van der Waals surface area (Å²) in [5, 5.41) is 40.5. The van der Waals surface area contributed by atoms with Crippen molar-refractivity contribution in [3.05, 3.63) is 242 Å². The van der Waals surface area contributed by atoms with Crippen LogP contribution >= 0.6 is 0 Å². The molecular formula is C88H96N8O10. The molecule has 548 valence electrons. The number of benzene rings is 2. The number of esters is 3. The van der Waals surface area contributed by atoms with Crippen molar-refractivity contribution in [2.45, 2.75) is 175 Å². The van der Waals surface area contributed by atoms with Gasteiger partial charge in [-0.1, -0.05) is 79.7 Å². The van der Waals surface area contributed by atoms with E-state index in [9.17, 15) is 34.5 Å². The number of aliphatic imine (C=N–C) groups is 6. The monoisotopic (exact) mass is 1420 g/mol. The van der Waals surface area contributed by atoms with E-state index in [1.165, 1.54) is 14.2 Å². The van der Waals surface area contributed by atoms with Gasteiger partial charge in [-0.2, -0.15) is 0 Å². The summed E-state index contributed by atoms with van der Waals surface area (Å²) in [5.41, 5.74) is 31.3. The molecule has 0 amide bonds. The summed E-state index contributed by atoms with van der Waals surface area (Å²) in [7, 11) is 2.82. The molecule has 10 heterocycles. The maximum atomic E-state index is 13.1. The van der Waals surface area contributed by atoms with Gasteiger partial charge in [-0.05, 0) is 215 Å². The lowest BCUT2D eigenvalue weighted by molar-refractivity contribution is -0.141. The quantitative estimate of drug-likeness (QED) is 0.0874. The molecule has 12 aliphatic rings. The van der Waals surface area contributed by atoms with Crippen molar-refractivity contribution in [1.29, 1.82) is 0 Å². The molecule has 14 rings (SSSR count). The van der Waals surface area contributed by atoms with Gasteiger partial charge in [0.15, 0.2) is 0 Å². The Labute approximate surface area is 621 Å². The SMILES string of the molecule is CCC1=C(C)C2=NC1=CC1=C(C)C3=C(O)CC(=C4NC(=C(c5ccc(C(=O)O)cc5)C5=NC(=C2)C(C(C)C)=C5C)[C@@H](C)[C@@H]4CCC(=O)OC)C3=N1.CCC1=C(C)C2=NC1=CC1=C(C)C3=C(O)CC(=C4NC(=C(c5ccc(C(=O)OC(C)(C)C)cc5)C5=NC(=C2)C(C(C)C)=C5C)[C@@H](C)[C@@H]4CCC(=O)OC)C3=N1. The number of hydrogen-bond donors (Lipinski definition) is 5. The van der Waals surface area contributed by atoms with Crippen LogP contribution in [0.25, 0.3) is 11.1 Å². The zero-order valence-electron chi connectivity index (χ0n) is 64.4. The minimum Gasteiger partial charge on any atom is -0.511 e. The third-order valence-corrected chi connectivity index (χ3v) is 22.6. The molecule has 10 aliphatic heterocycles. The smallest absolute Gasteiger partial charge is 0.338 e. The van der Waals surface area contributed by atoms with Crippen molar-refractivity contribution < 1.29 is 48.7 Å². The lowest BCUT2D eigenvalue weighted by Gasteiger charge is -2.20. The highest BCUT2D eigenvalue weighted by molar-refractivity contribution is 6.36. The third kappa shape index (κ3) is 12.9. The first-order chi connectivity index (χ1) is 50.4. The van der Waals surface area contributed by atoms with Crippen LogP contribution in [0.5, 0.6) is 0 Å². The molecule has 0 spiro atoms. The molecule has 16 bridgehead atoms. The highest BCUT2D eigenvalue weighted by atomic mass is 16.6. The van der Waals surface area contributed by atoms with Gasteiger partial charge in [0.25, 0.3) is 0 Å². The molecule has 0 aromatic heterocycles. The van der Waals surface area contributed by atoms with E-state index < -0.39 is 11.6 Å². The molecule has 0 unspecified atom stereocenters. The van der Waals surface area contributed by atoms with Crippen molar-refractivity contribution in [3.8, 4) is 0 Å². The number of aliphatic hydroxyl groups excluding tert-OH is 2. The Kier molecular flexibility index (Phi) is 19.7. The van der Waals surface area contributed by atoms with Crippen molar-refractivity contribution in [1.82, 2.24) is 10.6 Å². The number of carboxylic acid groups (broad SMARTS) is 1. The van der Waals surface area contributed by atoms with E-state index in [0.29, 0.717) is 31.2 Å². The Bertz CT molecular complexity index is 5090. The van der Waals surface area contributed by atoms with Gasteiger partial charge >= 0.3 is 23.9 Å². The molecule has 0 radical (unpaired) electrons. The number of aliphatic hydroxyl groups is 2. The molecule has 2 saturated heterocycles. The van der Waals surface area contributed by atoms with Crippen molar-refractivity contribution >= 4 is 69.3 Å². The fraction of sp³-hybridized carbons (Fsp3) is 0.386. The summed E-state index contributed by atoms with van der Waals surface area (Å²) in [6.45, 7) is 35.4. The minimum atomic E-state index is -0.994. The van der Waals surface area contributed by atoms with Crippen LogP contribution in [0.4, 0.5) is 0 Å². The van der Waals surface area contributed by atoms with Crippen LogP contribution in [0.2, 0.25) is 0 Å². The summed E-state index contributed by atoms with van der Waals surface area (Å²) >= 11 is 0. The molecule has 18 nitrogen and oxygen atoms in total. The highest BCUT2D eigenvalue weighted by Crippen LogP contribution is 2.52. The lowest BCUT2D eigenvalue weighted by atomic mass is 9.83. The molecule has 4 atom stereocenters. The molecule has 2 aliphatic carbocycles. The lowest BCUT2D eigenvalue weighted by Crippen LogP contribution is -2.23. The number of nitrogens with zero attached hydrogens (tertiary/aromatic N) is 6. The van der Waals surface area contributed by atoms with Crippen LogP contribution in [-0.2, 0) is 23.8 Å². The van der Waals surface area contributed by atoms with Gasteiger partial charge in [0.2, 0.25) is 0 Å². The number of carboxylic acids is 1. The highest BCUT2D eigenvalue weighted by Gasteiger charge is 2.46. The van der Waals surface area contributed by atoms with E-state index in [1.54, 1.807) is 12.1 Å². The Morgan fingerprint density at radius 1 is 0.500 bits per heavy atom. The van der Waals surface area contributed by atoms with E-state index in [1.807, 2.05) is 77.1 Å². The number of nitrogens with one attached hydrogen (secondary N) is 2. The van der Waals surface area contributed by atoms with Gasteiger partial charge in [-0.3, -0.25) is 9.59 Å². The van der Waals surface area contributed by atoms with E-state index in [0.717, 1.165) is 204 Å². The van der Waals surface area contributed by atoms with Crippen molar-refractivity contribution in [3.63, 3.8) is 0 Å². The molecule has 18 heteroatoms. The molecule has 5 N–H and O–H groups in total. The number of ether oxygens (including phenoxy) is 3. The number of methoxy groups -OCH3 is 2. The third-order valence-electron chi connectivity index (χ3n) is 22.6. The Morgan fingerprint density at radius 2 is 0.887 bits per heavy atom. The molecular weight excluding hydrogens is 1330 g/mol. The number of carbonyl (C=O) groups is 4. The second kappa shape index (κ2) is 28.3. The predicted octanol–water partition coefficient (Wildman–Crippen LogP) is 18.2. The van der Waals surface area contributed by atoms with E-state index in [-0.39, 0.29) is 83.3 Å². The largest absolute Gasteiger partial charge is 0.511 e. The van der Waals surface area contributed by atoms with Gasteiger partial charge in [-0.25, -0.2) is 39.5 Å². The maximum absolute atomic E-state index is 13.1. The van der Waals surface area contributed by atoms with Gasteiger partial charge < -0.3 is 40.2 Å². The summed E-state index contributed by atoms with van der Waals surface area (Å²) in [5.74, 6) is -1.47. The fourth-order valence-corrected chi connectivity index (χ4v) is 17.3. The second-order valence-corrected chi connectivity index (χ2v) is 30.9. The molecule has 2 aromatic rings. The number of allylic oxidation sites excluding steroid dienone is 24. The van der Waals surface area contributed by atoms with Crippen LogP contribution in [0, 0.1) is 35.5 Å². The molecule has 2 aromatic carbocycles. The molecule has 0 saturated carbocycles. The summed E-state index contributed by atoms with van der Waals surface area (Å²) in [4.78, 5) is 81.7. The average Bonchev–Trinajstić information content (AvgIpc) is 1.58.